The van der Waals surface area contributed by atoms with E-state index in [1.807, 2.05) is 25.2 Å². The van der Waals surface area contributed by atoms with Gasteiger partial charge in [0.25, 0.3) is 0 Å². The molecule has 0 spiro atoms. The third-order valence-electron chi connectivity index (χ3n) is 3.21. The van der Waals surface area contributed by atoms with Gasteiger partial charge in [0.1, 0.15) is 0 Å². The Kier molecular flexibility index (Phi) is 4.61. The zero-order valence-electron chi connectivity index (χ0n) is 12.1. The fourth-order valence-electron chi connectivity index (χ4n) is 2.13. The minimum atomic E-state index is 0.465. The molecular weight excluding hydrogens is 256 g/mol. The van der Waals surface area contributed by atoms with Crippen molar-refractivity contribution in [2.75, 3.05) is 19.0 Å². The highest BCUT2D eigenvalue weighted by Gasteiger charge is 2.09. The highest BCUT2D eigenvalue weighted by Crippen LogP contribution is 2.12. The van der Waals surface area contributed by atoms with Crippen LogP contribution in [0.1, 0.15) is 18.2 Å². The van der Waals surface area contributed by atoms with E-state index in [1.54, 1.807) is 11.3 Å². The quantitative estimate of drug-likeness (QED) is 0.880. The molecule has 104 valence electrons. The van der Waals surface area contributed by atoms with E-state index < -0.39 is 0 Å². The Hall–Kier alpha value is -1.33. The third-order valence-corrected chi connectivity index (χ3v) is 3.95. The Balaban J connectivity index is 1.88. The maximum absolute atomic E-state index is 4.42. The summed E-state index contributed by atoms with van der Waals surface area (Å²) < 4.78 is 2.13. The topological polar surface area (TPSA) is 33.1 Å². The first-order valence-electron chi connectivity index (χ1n) is 6.50. The van der Waals surface area contributed by atoms with Crippen molar-refractivity contribution in [1.82, 2.24) is 14.9 Å². The van der Waals surface area contributed by atoms with Crippen molar-refractivity contribution in [2.24, 2.45) is 7.05 Å². The lowest BCUT2D eigenvalue weighted by molar-refractivity contribution is 0.533. The average Bonchev–Trinajstić information content (AvgIpc) is 2.96. The summed E-state index contributed by atoms with van der Waals surface area (Å²) in [5, 5.41) is 7.90. The number of hydrogen-bond donors (Lipinski definition) is 1. The van der Waals surface area contributed by atoms with E-state index in [1.165, 1.54) is 11.3 Å². The van der Waals surface area contributed by atoms with E-state index in [2.05, 4.69) is 45.7 Å². The zero-order valence-corrected chi connectivity index (χ0v) is 12.9. The van der Waals surface area contributed by atoms with Gasteiger partial charge in [-0.05, 0) is 35.7 Å². The average molecular weight is 278 g/mol. The number of hydrogen-bond acceptors (Lipinski definition) is 4. The number of nitrogens with zero attached hydrogens (tertiary/aromatic N) is 3. The van der Waals surface area contributed by atoms with Crippen LogP contribution in [-0.2, 0) is 20.0 Å². The fourth-order valence-corrected chi connectivity index (χ4v) is 2.81. The predicted octanol–water partition coefficient (Wildman–Crippen LogP) is 2.27. The first-order valence-corrected chi connectivity index (χ1v) is 7.44. The predicted molar refractivity (Wildman–Crippen MR) is 81.9 cm³/mol. The van der Waals surface area contributed by atoms with Crippen LogP contribution in [0.5, 0.6) is 0 Å². The lowest BCUT2D eigenvalue weighted by Crippen LogP contribution is -2.28. The van der Waals surface area contributed by atoms with Gasteiger partial charge in [0.05, 0.1) is 11.9 Å². The lowest BCUT2D eigenvalue weighted by Gasteiger charge is -2.15. The molecule has 0 saturated heterocycles. The van der Waals surface area contributed by atoms with Gasteiger partial charge in [-0.15, -0.1) is 0 Å². The van der Waals surface area contributed by atoms with E-state index in [0.29, 0.717) is 6.04 Å². The highest BCUT2D eigenvalue weighted by molar-refractivity contribution is 7.07. The largest absolute Gasteiger partial charge is 0.348 e. The summed E-state index contributed by atoms with van der Waals surface area (Å²) in [5.74, 6) is 0.988. The van der Waals surface area contributed by atoms with Gasteiger partial charge in [-0.3, -0.25) is 0 Å². The Bertz CT molecular complexity index is 502. The van der Waals surface area contributed by atoms with Gasteiger partial charge < -0.3 is 14.8 Å². The standard InChI is InChI=1S/C14H22N4S/c1-11(7-12-5-6-19-10-12)15-8-13-9-16-14(17(2)3)18(13)4/h5-6,9-11,15H,7-8H2,1-4H3. The van der Waals surface area contributed by atoms with Gasteiger partial charge in [-0.25, -0.2) is 4.98 Å². The van der Waals surface area contributed by atoms with Crippen molar-refractivity contribution in [3.8, 4) is 0 Å². The van der Waals surface area contributed by atoms with Crippen molar-refractivity contribution < 1.29 is 0 Å². The molecular formula is C14H22N4S. The van der Waals surface area contributed by atoms with Crippen molar-refractivity contribution in [3.63, 3.8) is 0 Å². The minimum Gasteiger partial charge on any atom is -0.348 e. The number of imidazole rings is 1. The molecule has 1 N–H and O–H groups in total. The number of rotatable bonds is 6. The zero-order chi connectivity index (χ0) is 13.8. The van der Waals surface area contributed by atoms with Gasteiger partial charge in [0, 0.05) is 33.7 Å². The van der Waals surface area contributed by atoms with Crippen LogP contribution in [0.4, 0.5) is 5.95 Å². The molecule has 0 amide bonds. The van der Waals surface area contributed by atoms with E-state index in [4.69, 9.17) is 0 Å². The summed E-state index contributed by atoms with van der Waals surface area (Å²) in [4.78, 5) is 6.45. The second-order valence-electron chi connectivity index (χ2n) is 5.12. The molecule has 4 nitrogen and oxygen atoms in total. The van der Waals surface area contributed by atoms with E-state index in [-0.39, 0.29) is 0 Å². The second kappa shape index (κ2) is 6.21. The summed E-state index contributed by atoms with van der Waals surface area (Å²) in [6.07, 6.45) is 3.02. The molecule has 2 aromatic rings. The summed E-state index contributed by atoms with van der Waals surface area (Å²) in [7, 11) is 6.08. The van der Waals surface area contributed by atoms with Gasteiger partial charge >= 0.3 is 0 Å². The molecule has 0 aliphatic rings. The molecule has 0 aliphatic carbocycles. The molecule has 19 heavy (non-hydrogen) atoms. The van der Waals surface area contributed by atoms with Gasteiger partial charge in [-0.2, -0.15) is 11.3 Å². The van der Waals surface area contributed by atoms with Crippen molar-refractivity contribution >= 4 is 17.3 Å². The van der Waals surface area contributed by atoms with Crippen LogP contribution in [0.25, 0.3) is 0 Å². The molecule has 1 unspecified atom stereocenters. The first-order chi connectivity index (χ1) is 9.08. The van der Waals surface area contributed by atoms with Crippen LogP contribution in [0.2, 0.25) is 0 Å². The minimum absolute atomic E-state index is 0.465. The first kappa shape index (κ1) is 14.1. The van der Waals surface area contributed by atoms with Crippen LogP contribution in [0.3, 0.4) is 0 Å². The summed E-state index contributed by atoms with van der Waals surface area (Å²) in [6.45, 7) is 3.07. The molecule has 0 aromatic carbocycles. The Morgan fingerprint density at radius 3 is 2.84 bits per heavy atom. The lowest BCUT2D eigenvalue weighted by atomic mass is 10.1. The number of nitrogens with one attached hydrogen (secondary N) is 1. The summed E-state index contributed by atoms with van der Waals surface area (Å²) >= 11 is 1.76. The van der Waals surface area contributed by atoms with Gasteiger partial charge in [0.15, 0.2) is 0 Å². The third kappa shape index (κ3) is 3.58. The Labute approximate surface area is 119 Å². The van der Waals surface area contributed by atoms with Crippen LogP contribution < -0.4 is 10.2 Å². The van der Waals surface area contributed by atoms with E-state index in [9.17, 15) is 0 Å². The smallest absolute Gasteiger partial charge is 0.204 e. The van der Waals surface area contributed by atoms with Crippen LogP contribution in [-0.4, -0.2) is 29.7 Å². The Morgan fingerprint density at radius 2 is 2.26 bits per heavy atom. The second-order valence-corrected chi connectivity index (χ2v) is 5.90. The van der Waals surface area contributed by atoms with Crippen molar-refractivity contribution in [2.45, 2.75) is 25.9 Å². The molecule has 2 heterocycles. The monoisotopic (exact) mass is 278 g/mol. The molecule has 1 atom stereocenters. The molecule has 2 aromatic heterocycles. The fraction of sp³-hybridized carbons (Fsp3) is 0.500. The number of anilines is 1. The molecule has 0 saturated carbocycles. The Morgan fingerprint density at radius 1 is 1.47 bits per heavy atom. The van der Waals surface area contributed by atoms with Gasteiger partial charge in [0.2, 0.25) is 5.95 Å². The summed E-state index contributed by atoms with van der Waals surface area (Å²) in [5.41, 5.74) is 2.62. The normalized spacial score (nSPS) is 12.6. The molecule has 0 radical (unpaired) electrons. The molecule has 0 bridgehead atoms. The van der Waals surface area contributed by atoms with Crippen LogP contribution in [0.15, 0.2) is 23.0 Å². The molecule has 0 aliphatic heterocycles. The summed E-state index contributed by atoms with van der Waals surface area (Å²) in [6, 6.07) is 2.66. The molecule has 0 fully saturated rings. The van der Waals surface area contributed by atoms with Crippen LogP contribution in [0, 0.1) is 0 Å². The maximum Gasteiger partial charge on any atom is 0.204 e. The SMILES string of the molecule is CC(Cc1ccsc1)NCc1cnc(N(C)C)n1C. The van der Waals surface area contributed by atoms with Crippen molar-refractivity contribution in [1.29, 1.82) is 0 Å². The number of aromatic nitrogens is 2. The van der Waals surface area contributed by atoms with Crippen molar-refractivity contribution in [3.05, 3.63) is 34.3 Å². The molecule has 2 rings (SSSR count). The van der Waals surface area contributed by atoms with E-state index in [0.717, 1.165) is 18.9 Å². The maximum atomic E-state index is 4.42. The number of thiophene rings is 1. The molecule has 5 heteroatoms. The van der Waals surface area contributed by atoms with E-state index >= 15 is 0 Å². The van der Waals surface area contributed by atoms with Gasteiger partial charge in [-0.1, -0.05) is 0 Å². The van der Waals surface area contributed by atoms with Crippen LogP contribution >= 0.6 is 11.3 Å². The highest BCUT2D eigenvalue weighted by atomic mass is 32.1.